The smallest absolute Gasteiger partial charge is 0.169 e. The molecule has 0 aliphatic rings. The van der Waals surface area contributed by atoms with Crippen LogP contribution in [0.5, 0.6) is 5.75 Å². The minimum atomic E-state index is 0.573. The Hall–Kier alpha value is -2.49. The first-order valence-electron chi connectivity index (χ1n) is 8.02. The van der Waals surface area contributed by atoms with Crippen LogP contribution in [-0.2, 0) is 11.3 Å². The number of thioether (sulfide) groups is 1. The molecule has 5 nitrogen and oxygen atoms in total. The maximum absolute atomic E-state index is 8.80. The van der Waals surface area contributed by atoms with E-state index in [9.17, 15) is 0 Å². The molecule has 0 fully saturated rings. The van der Waals surface area contributed by atoms with Gasteiger partial charge in [0.2, 0.25) is 0 Å². The van der Waals surface area contributed by atoms with Crippen molar-refractivity contribution in [1.29, 1.82) is 5.26 Å². The lowest BCUT2D eigenvalue weighted by Gasteiger charge is -2.09. The van der Waals surface area contributed by atoms with E-state index in [1.54, 1.807) is 31.0 Å². The molecule has 0 N–H and O–H groups in total. The van der Waals surface area contributed by atoms with Crippen molar-refractivity contribution in [2.45, 2.75) is 11.7 Å². The van der Waals surface area contributed by atoms with E-state index in [1.807, 2.05) is 30.3 Å². The highest BCUT2D eigenvalue weighted by Gasteiger charge is 2.10. The number of nitriles is 1. The molecular formula is C19H19N3O2S. The third-order valence-corrected chi connectivity index (χ3v) is 4.65. The monoisotopic (exact) mass is 353 g/mol. The van der Waals surface area contributed by atoms with Crippen LogP contribution in [0.3, 0.4) is 0 Å². The van der Waals surface area contributed by atoms with Crippen LogP contribution in [-0.4, -0.2) is 35.6 Å². The van der Waals surface area contributed by atoms with E-state index in [-0.39, 0.29) is 0 Å². The summed E-state index contributed by atoms with van der Waals surface area (Å²) >= 11 is 1.67. The van der Waals surface area contributed by atoms with Crippen LogP contribution in [0.2, 0.25) is 0 Å². The van der Waals surface area contributed by atoms with Crippen LogP contribution in [0.1, 0.15) is 5.56 Å². The van der Waals surface area contributed by atoms with Gasteiger partial charge in [0.05, 0.1) is 35.9 Å². The van der Waals surface area contributed by atoms with Crippen LogP contribution >= 0.6 is 11.8 Å². The summed E-state index contributed by atoms with van der Waals surface area (Å²) in [5, 5.41) is 9.78. The molecule has 0 aliphatic carbocycles. The lowest BCUT2D eigenvalue weighted by Crippen LogP contribution is -2.07. The van der Waals surface area contributed by atoms with Gasteiger partial charge in [0.1, 0.15) is 5.75 Å². The molecule has 128 valence electrons. The number of methoxy groups -OCH3 is 1. The van der Waals surface area contributed by atoms with Gasteiger partial charge in [-0.05, 0) is 36.4 Å². The molecule has 0 saturated carbocycles. The summed E-state index contributed by atoms with van der Waals surface area (Å²) in [6.07, 6.45) is 0. The second-order valence-corrected chi connectivity index (χ2v) is 6.42. The molecule has 0 spiro atoms. The first-order valence-corrected chi connectivity index (χ1v) is 9.00. The topological polar surface area (TPSA) is 60.1 Å². The van der Waals surface area contributed by atoms with Gasteiger partial charge in [-0.2, -0.15) is 5.26 Å². The molecule has 1 heterocycles. The van der Waals surface area contributed by atoms with Crippen molar-refractivity contribution < 1.29 is 9.47 Å². The van der Waals surface area contributed by atoms with Crippen LogP contribution in [0, 0.1) is 11.3 Å². The van der Waals surface area contributed by atoms with Gasteiger partial charge in [0, 0.05) is 19.4 Å². The standard InChI is InChI=1S/C19H19N3O2S/c1-23-11-10-22-18-5-3-2-4-17(18)21-19(22)25-13-12-24-16-8-6-15(14-20)7-9-16/h2-9H,10-13H2,1H3. The summed E-state index contributed by atoms with van der Waals surface area (Å²) in [6.45, 7) is 2.00. The molecule has 1 aromatic heterocycles. The van der Waals surface area contributed by atoms with E-state index < -0.39 is 0 Å². The van der Waals surface area contributed by atoms with Crippen molar-refractivity contribution >= 4 is 22.8 Å². The molecule has 25 heavy (non-hydrogen) atoms. The van der Waals surface area contributed by atoms with Crippen LogP contribution < -0.4 is 4.74 Å². The molecule has 6 heteroatoms. The second kappa shape index (κ2) is 8.56. The Morgan fingerprint density at radius 1 is 1.12 bits per heavy atom. The highest BCUT2D eigenvalue weighted by atomic mass is 32.2. The summed E-state index contributed by atoms with van der Waals surface area (Å²) in [4.78, 5) is 4.71. The molecular weight excluding hydrogens is 334 g/mol. The third kappa shape index (κ3) is 4.32. The summed E-state index contributed by atoms with van der Waals surface area (Å²) in [5.74, 6) is 1.56. The maximum atomic E-state index is 8.80. The number of benzene rings is 2. The minimum Gasteiger partial charge on any atom is -0.493 e. The van der Waals surface area contributed by atoms with Gasteiger partial charge in [-0.25, -0.2) is 4.98 Å². The molecule has 0 saturated heterocycles. The Bertz CT molecular complexity index is 869. The van der Waals surface area contributed by atoms with Gasteiger partial charge in [-0.15, -0.1) is 0 Å². The fraction of sp³-hybridized carbons (Fsp3) is 0.263. The zero-order valence-corrected chi connectivity index (χ0v) is 14.8. The fourth-order valence-corrected chi connectivity index (χ4v) is 3.34. The molecule has 0 unspecified atom stereocenters. The molecule has 0 radical (unpaired) electrons. The second-order valence-electron chi connectivity index (χ2n) is 5.36. The van der Waals surface area contributed by atoms with Gasteiger partial charge in [0.25, 0.3) is 0 Å². The van der Waals surface area contributed by atoms with Crippen molar-refractivity contribution in [2.24, 2.45) is 0 Å². The predicted molar refractivity (Wildman–Crippen MR) is 99.0 cm³/mol. The number of nitrogens with zero attached hydrogens (tertiary/aromatic N) is 3. The number of hydrogen-bond acceptors (Lipinski definition) is 5. The zero-order chi connectivity index (χ0) is 17.5. The van der Waals surface area contributed by atoms with Gasteiger partial charge in [-0.3, -0.25) is 0 Å². The van der Waals surface area contributed by atoms with E-state index in [1.165, 1.54) is 0 Å². The molecule has 0 bridgehead atoms. The number of imidazole rings is 1. The summed E-state index contributed by atoms with van der Waals surface area (Å²) < 4.78 is 13.1. The summed E-state index contributed by atoms with van der Waals surface area (Å²) in [6, 6.07) is 17.4. The highest BCUT2D eigenvalue weighted by Crippen LogP contribution is 2.24. The Balaban J connectivity index is 1.61. The lowest BCUT2D eigenvalue weighted by molar-refractivity contribution is 0.186. The van der Waals surface area contributed by atoms with Crippen LogP contribution in [0.4, 0.5) is 0 Å². The van der Waals surface area contributed by atoms with E-state index in [0.29, 0.717) is 18.8 Å². The Kier molecular flexibility index (Phi) is 5.94. The average Bonchev–Trinajstić information content (AvgIpc) is 3.01. The highest BCUT2D eigenvalue weighted by molar-refractivity contribution is 7.99. The molecule has 2 aromatic carbocycles. The van der Waals surface area contributed by atoms with Gasteiger partial charge in [0.15, 0.2) is 5.16 Å². The van der Waals surface area contributed by atoms with Crippen molar-refractivity contribution in [1.82, 2.24) is 9.55 Å². The number of aromatic nitrogens is 2. The van der Waals surface area contributed by atoms with E-state index in [2.05, 4.69) is 16.7 Å². The Morgan fingerprint density at radius 3 is 2.68 bits per heavy atom. The summed E-state index contributed by atoms with van der Waals surface area (Å²) in [7, 11) is 1.71. The van der Waals surface area contributed by atoms with Crippen molar-refractivity contribution in [3.05, 3.63) is 54.1 Å². The third-order valence-electron chi connectivity index (χ3n) is 3.71. The number of fused-ring (bicyclic) bond motifs is 1. The minimum absolute atomic E-state index is 0.573. The van der Waals surface area contributed by atoms with Crippen LogP contribution in [0.25, 0.3) is 11.0 Å². The van der Waals surface area contributed by atoms with Crippen molar-refractivity contribution in [2.75, 3.05) is 26.1 Å². The first-order chi connectivity index (χ1) is 12.3. The Labute approximate surface area is 151 Å². The quantitative estimate of drug-likeness (QED) is 0.456. The number of para-hydroxylation sites is 2. The molecule has 0 amide bonds. The number of hydrogen-bond donors (Lipinski definition) is 0. The normalized spacial score (nSPS) is 10.7. The zero-order valence-electron chi connectivity index (χ0n) is 14.0. The van der Waals surface area contributed by atoms with Crippen LogP contribution in [0.15, 0.2) is 53.7 Å². The summed E-state index contributed by atoms with van der Waals surface area (Å²) in [5.41, 5.74) is 2.75. The predicted octanol–water partition coefficient (Wildman–Crippen LogP) is 3.73. The van der Waals surface area contributed by atoms with Gasteiger partial charge < -0.3 is 14.0 Å². The van der Waals surface area contributed by atoms with E-state index >= 15 is 0 Å². The van der Waals surface area contributed by atoms with E-state index in [4.69, 9.17) is 19.7 Å². The molecule has 0 aliphatic heterocycles. The van der Waals surface area contributed by atoms with Crippen molar-refractivity contribution in [3.63, 3.8) is 0 Å². The number of ether oxygens (including phenoxy) is 2. The maximum Gasteiger partial charge on any atom is 0.169 e. The SMILES string of the molecule is COCCn1c(SCCOc2ccc(C#N)cc2)nc2ccccc21. The van der Waals surface area contributed by atoms with Gasteiger partial charge in [-0.1, -0.05) is 23.9 Å². The molecule has 3 aromatic rings. The first kappa shape index (κ1) is 17.3. The fourth-order valence-electron chi connectivity index (χ4n) is 2.48. The van der Waals surface area contributed by atoms with Crippen molar-refractivity contribution in [3.8, 4) is 11.8 Å². The Morgan fingerprint density at radius 2 is 1.92 bits per heavy atom. The molecule has 0 atom stereocenters. The number of rotatable bonds is 8. The van der Waals surface area contributed by atoms with Gasteiger partial charge >= 0.3 is 0 Å². The van der Waals surface area contributed by atoms with E-state index in [0.717, 1.165) is 34.2 Å². The lowest BCUT2D eigenvalue weighted by atomic mass is 10.2. The molecule has 3 rings (SSSR count). The average molecular weight is 353 g/mol. The largest absolute Gasteiger partial charge is 0.493 e.